The van der Waals surface area contributed by atoms with Crippen molar-refractivity contribution in [1.29, 1.82) is 0 Å². The molecule has 1 unspecified atom stereocenters. The highest BCUT2D eigenvalue weighted by molar-refractivity contribution is 5.81. The number of nitrogens with one attached hydrogen (secondary N) is 2. The minimum Gasteiger partial charge on any atom is -0.342 e. The monoisotopic (exact) mass is 403 g/mol. The van der Waals surface area contributed by atoms with E-state index in [1.54, 1.807) is 29.2 Å². The molecule has 0 aliphatic carbocycles. The first-order chi connectivity index (χ1) is 14.6. The van der Waals surface area contributed by atoms with Crippen LogP contribution in [0.1, 0.15) is 24.6 Å². The third-order valence-electron chi connectivity index (χ3n) is 5.75. The van der Waals surface area contributed by atoms with Gasteiger partial charge in [-0.05, 0) is 37.1 Å². The van der Waals surface area contributed by atoms with Gasteiger partial charge in [-0.3, -0.25) is 19.5 Å². The maximum Gasteiger partial charge on any atom is 0.273 e. The molecule has 8 nitrogen and oxygen atoms in total. The lowest BCUT2D eigenvalue weighted by Gasteiger charge is -2.32. The molecule has 0 saturated carbocycles. The van der Waals surface area contributed by atoms with Crippen LogP contribution in [0.2, 0.25) is 0 Å². The molecule has 1 aliphatic heterocycles. The van der Waals surface area contributed by atoms with Crippen molar-refractivity contribution in [1.82, 2.24) is 24.6 Å². The van der Waals surface area contributed by atoms with Crippen molar-refractivity contribution >= 4 is 27.7 Å². The number of carbonyl (C=O) groups excluding carboxylic acids is 1. The SMILES string of the molecule is O=C(Cn1[nH]c(=O)c2ccccc2c1=O)N1CCCC(c2nc3ccccc3[nH]2)C1. The summed E-state index contributed by atoms with van der Waals surface area (Å²) in [6, 6.07) is 14.5. The maximum absolute atomic E-state index is 12.9. The molecule has 1 amide bonds. The maximum atomic E-state index is 12.9. The Morgan fingerprint density at radius 1 is 1.07 bits per heavy atom. The van der Waals surface area contributed by atoms with Crippen molar-refractivity contribution in [2.45, 2.75) is 25.3 Å². The normalized spacial score (nSPS) is 16.9. The van der Waals surface area contributed by atoms with E-state index in [-0.39, 0.29) is 29.5 Å². The Morgan fingerprint density at radius 2 is 1.83 bits per heavy atom. The molecular weight excluding hydrogens is 382 g/mol. The number of piperidine rings is 1. The van der Waals surface area contributed by atoms with E-state index in [9.17, 15) is 14.4 Å². The molecule has 2 aromatic carbocycles. The van der Waals surface area contributed by atoms with Crippen LogP contribution in [-0.2, 0) is 11.3 Å². The van der Waals surface area contributed by atoms with Gasteiger partial charge >= 0.3 is 0 Å². The summed E-state index contributed by atoms with van der Waals surface area (Å²) in [7, 11) is 0. The number of aromatic amines is 2. The predicted molar refractivity (Wildman–Crippen MR) is 113 cm³/mol. The zero-order valence-electron chi connectivity index (χ0n) is 16.3. The van der Waals surface area contributed by atoms with E-state index in [0.717, 1.165) is 34.4 Å². The van der Waals surface area contributed by atoms with Gasteiger partial charge in [0.2, 0.25) is 5.91 Å². The van der Waals surface area contributed by atoms with Crippen molar-refractivity contribution in [2.75, 3.05) is 13.1 Å². The molecule has 1 fully saturated rings. The molecule has 4 aromatic rings. The largest absolute Gasteiger partial charge is 0.342 e. The minimum absolute atomic E-state index is 0.113. The van der Waals surface area contributed by atoms with Crippen LogP contribution in [0.3, 0.4) is 0 Å². The van der Waals surface area contributed by atoms with Gasteiger partial charge in [0.25, 0.3) is 11.1 Å². The quantitative estimate of drug-likeness (QED) is 0.546. The second-order valence-electron chi connectivity index (χ2n) is 7.70. The second kappa shape index (κ2) is 7.29. The number of carbonyl (C=O) groups is 1. The molecule has 0 radical (unpaired) electrons. The van der Waals surface area contributed by atoms with Gasteiger partial charge in [-0.1, -0.05) is 24.3 Å². The Bertz CT molecular complexity index is 1330. The van der Waals surface area contributed by atoms with Gasteiger partial charge in [-0.15, -0.1) is 0 Å². The zero-order valence-corrected chi connectivity index (χ0v) is 16.3. The Labute approximate surface area is 171 Å². The number of fused-ring (bicyclic) bond motifs is 2. The Morgan fingerprint density at radius 3 is 2.67 bits per heavy atom. The molecule has 1 atom stereocenters. The van der Waals surface area contributed by atoms with Gasteiger partial charge in [0.05, 0.1) is 21.8 Å². The molecule has 1 aliphatic rings. The van der Waals surface area contributed by atoms with Gasteiger partial charge in [0, 0.05) is 19.0 Å². The molecule has 8 heteroatoms. The minimum atomic E-state index is -0.378. The molecule has 152 valence electrons. The molecular formula is C22H21N5O3. The van der Waals surface area contributed by atoms with E-state index < -0.39 is 0 Å². The first-order valence-electron chi connectivity index (χ1n) is 10.0. The number of rotatable bonds is 3. The number of imidazole rings is 1. The van der Waals surface area contributed by atoms with Crippen LogP contribution in [0.5, 0.6) is 0 Å². The van der Waals surface area contributed by atoms with E-state index in [4.69, 9.17) is 0 Å². The number of benzene rings is 2. The smallest absolute Gasteiger partial charge is 0.273 e. The van der Waals surface area contributed by atoms with E-state index in [1.807, 2.05) is 24.3 Å². The van der Waals surface area contributed by atoms with E-state index in [0.29, 0.717) is 23.9 Å². The fraction of sp³-hybridized carbons (Fsp3) is 0.273. The summed E-state index contributed by atoms with van der Waals surface area (Å²) in [6.07, 6.45) is 1.80. The number of hydrogen-bond donors (Lipinski definition) is 2. The summed E-state index contributed by atoms with van der Waals surface area (Å²) in [5, 5.41) is 3.17. The highest BCUT2D eigenvalue weighted by Gasteiger charge is 2.27. The van der Waals surface area contributed by atoms with Gasteiger partial charge in [-0.2, -0.15) is 0 Å². The number of likely N-dealkylation sites (tertiary alicyclic amines) is 1. The summed E-state index contributed by atoms with van der Waals surface area (Å²) in [6.45, 7) is 0.971. The van der Waals surface area contributed by atoms with Crippen molar-refractivity contribution in [3.05, 3.63) is 75.1 Å². The third kappa shape index (κ3) is 3.20. The molecule has 5 rings (SSSR count). The lowest BCUT2D eigenvalue weighted by Crippen LogP contribution is -2.43. The molecule has 1 saturated heterocycles. The average Bonchev–Trinajstić information content (AvgIpc) is 3.22. The van der Waals surface area contributed by atoms with Crippen LogP contribution in [0.15, 0.2) is 58.1 Å². The predicted octanol–water partition coefficient (Wildman–Crippen LogP) is 1.97. The summed E-state index contributed by atoms with van der Waals surface area (Å²) < 4.78 is 1.11. The highest BCUT2D eigenvalue weighted by Crippen LogP contribution is 2.26. The molecule has 0 spiro atoms. The Kier molecular flexibility index (Phi) is 4.46. The molecule has 0 bridgehead atoms. The lowest BCUT2D eigenvalue weighted by atomic mass is 9.97. The van der Waals surface area contributed by atoms with Gasteiger partial charge < -0.3 is 9.88 Å². The standard InChI is InChI=1S/C22H21N5O3/c28-19(13-27-22(30)16-8-2-1-7-15(16)21(29)25-27)26-11-5-6-14(12-26)20-23-17-9-3-4-10-18(17)24-20/h1-4,7-10,14H,5-6,11-13H2,(H,23,24)(H,25,29). The number of amides is 1. The van der Waals surface area contributed by atoms with Crippen LogP contribution >= 0.6 is 0 Å². The van der Waals surface area contributed by atoms with Gasteiger partial charge in [-0.25, -0.2) is 9.67 Å². The summed E-state index contributed by atoms with van der Waals surface area (Å²) >= 11 is 0. The van der Waals surface area contributed by atoms with Crippen molar-refractivity contribution in [3.8, 4) is 0 Å². The number of nitrogens with zero attached hydrogens (tertiary/aromatic N) is 3. The topological polar surface area (TPSA) is 104 Å². The fourth-order valence-electron chi connectivity index (χ4n) is 4.19. The second-order valence-corrected chi connectivity index (χ2v) is 7.70. The number of aromatic nitrogens is 4. The molecule has 30 heavy (non-hydrogen) atoms. The molecule has 3 heterocycles. The van der Waals surface area contributed by atoms with E-state index in [2.05, 4.69) is 15.1 Å². The summed E-state index contributed by atoms with van der Waals surface area (Å²) in [4.78, 5) is 47.7. The van der Waals surface area contributed by atoms with Crippen molar-refractivity contribution < 1.29 is 4.79 Å². The highest BCUT2D eigenvalue weighted by atomic mass is 16.2. The zero-order chi connectivity index (χ0) is 20.7. The van der Waals surface area contributed by atoms with Crippen LogP contribution in [0.4, 0.5) is 0 Å². The number of hydrogen-bond acceptors (Lipinski definition) is 4. The first-order valence-corrected chi connectivity index (χ1v) is 10.0. The van der Waals surface area contributed by atoms with Crippen LogP contribution < -0.4 is 11.1 Å². The Balaban J connectivity index is 1.37. The third-order valence-corrected chi connectivity index (χ3v) is 5.75. The van der Waals surface area contributed by atoms with Crippen molar-refractivity contribution in [3.63, 3.8) is 0 Å². The number of H-pyrrole nitrogens is 2. The summed E-state index contributed by atoms with van der Waals surface area (Å²) in [5.41, 5.74) is 1.15. The number of para-hydroxylation sites is 2. The fourth-order valence-corrected chi connectivity index (χ4v) is 4.19. The van der Waals surface area contributed by atoms with E-state index in [1.165, 1.54) is 0 Å². The Hall–Kier alpha value is -3.68. The van der Waals surface area contributed by atoms with E-state index >= 15 is 0 Å². The van der Waals surface area contributed by atoms with Crippen LogP contribution in [-0.4, -0.2) is 43.6 Å². The summed E-state index contributed by atoms with van der Waals surface area (Å²) in [5.74, 6) is 0.802. The first kappa shape index (κ1) is 18.4. The van der Waals surface area contributed by atoms with Gasteiger partial charge in [0.15, 0.2) is 0 Å². The molecule has 2 N–H and O–H groups in total. The van der Waals surface area contributed by atoms with Crippen LogP contribution in [0, 0.1) is 0 Å². The van der Waals surface area contributed by atoms with Gasteiger partial charge in [0.1, 0.15) is 12.4 Å². The lowest BCUT2D eigenvalue weighted by molar-refractivity contribution is -0.133. The van der Waals surface area contributed by atoms with Crippen LogP contribution in [0.25, 0.3) is 21.8 Å². The average molecular weight is 403 g/mol. The van der Waals surface area contributed by atoms with Crippen molar-refractivity contribution in [2.24, 2.45) is 0 Å². The molecule has 2 aromatic heterocycles.